The number of hydrogen-bond acceptors (Lipinski definition) is 4. The highest BCUT2D eigenvalue weighted by atomic mass is 16.5. The van der Waals surface area contributed by atoms with E-state index in [2.05, 4.69) is 12.2 Å². The number of allylic oxidation sites excluding steroid dienone is 1. The van der Waals surface area contributed by atoms with E-state index in [0.717, 1.165) is 23.8 Å². The molecule has 110 valence electrons. The predicted molar refractivity (Wildman–Crippen MR) is 77.5 cm³/mol. The Bertz CT molecular complexity index is 636. The number of carbonyl (C=O) groups is 1. The Labute approximate surface area is 123 Å². The minimum absolute atomic E-state index is 0.233. The van der Waals surface area contributed by atoms with E-state index in [9.17, 15) is 9.90 Å². The first kappa shape index (κ1) is 12.9. The molecule has 0 unspecified atom stereocenters. The SMILES string of the molecule is COc1ccc2c3c1O[C@H]1[C@H](O)CC[C@@H](C=C2)[C@@]31CC=O. The van der Waals surface area contributed by atoms with Gasteiger partial charge in [-0.3, -0.25) is 0 Å². The number of rotatable bonds is 3. The van der Waals surface area contributed by atoms with Crippen molar-refractivity contribution in [1.29, 1.82) is 0 Å². The van der Waals surface area contributed by atoms with Gasteiger partial charge >= 0.3 is 0 Å². The summed E-state index contributed by atoms with van der Waals surface area (Å²) in [6.07, 6.45) is 6.28. The van der Waals surface area contributed by atoms with Crippen molar-refractivity contribution in [3.05, 3.63) is 29.3 Å². The number of ether oxygens (including phenoxy) is 2. The van der Waals surface area contributed by atoms with Crippen LogP contribution in [0.4, 0.5) is 0 Å². The van der Waals surface area contributed by atoms with E-state index < -0.39 is 11.5 Å². The Morgan fingerprint density at radius 1 is 1.48 bits per heavy atom. The van der Waals surface area contributed by atoms with Gasteiger partial charge in [0.05, 0.1) is 18.6 Å². The van der Waals surface area contributed by atoms with Crippen LogP contribution in [0, 0.1) is 5.92 Å². The molecule has 1 saturated carbocycles. The smallest absolute Gasteiger partial charge is 0.166 e. The second-order valence-corrected chi connectivity index (χ2v) is 6.12. The lowest BCUT2D eigenvalue weighted by Gasteiger charge is -2.46. The fraction of sp³-hybridized carbons (Fsp3) is 0.471. The number of aliphatic hydroxyl groups excluding tert-OH is 1. The monoisotopic (exact) mass is 286 g/mol. The molecule has 4 nitrogen and oxygen atoms in total. The molecule has 1 N–H and O–H groups in total. The van der Waals surface area contributed by atoms with Gasteiger partial charge in [-0.05, 0) is 30.4 Å². The minimum Gasteiger partial charge on any atom is -0.493 e. The van der Waals surface area contributed by atoms with E-state index >= 15 is 0 Å². The van der Waals surface area contributed by atoms with Gasteiger partial charge in [-0.15, -0.1) is 0 Å². The number of benzene rings is 1. The first-order chi connectivity index (χ1) is 10.2. The molecule has 0 saturated heterocycles. The summed E-state index contributed by atoms with van der Waals surface area (Å²) in [7, 11) is 1.61. The van der Waals surface area contributed by atoms with Crippen LogP contribution in [-0.2, 0) is 10.2 Å². The molecule has 1 fully saturated rings. The standard InChI is InChI=1S/C17H18O4/c1-20-13-7-3-10-2-4-11-5-6-12(19)16-17(11,8-9-18)14(10)15(13)21-16/h2-4,7,9,11-12,16,19H,5-6,8H2,1H3/t11-,12-,16+,17+/m1/s1. The molecule has 4 heteroatoms. The molecular formula is C17H18O4. The van der Waals surface area contributed by atoms with Crippen LogP contribution in [-0.4, -0.2) is 30.7 Å². The highest BCUT2D eigenvalue weighted by Gasteiger charge is 2.60. The van der Waals surface area contributed by atoms with E-state index in [1.54, 1.807) is 7.11 Å². The molecule has 1 aromatic rings. The van der Waals surface area contributed by atoms with Crippen LogP contribution >= 0.6 is 0 Å². The van der Waals surface area contributed by atoms with Crippen molar-refractivity contribution < 1.29 is 19.4 Å². The van der Waals surface area contributed by atoms with Crippen molar-refractivity contribution in [2.24, 2.45) is 5.92 Å². The van der Waals surface area contributed by atoms with Crippen molar-refractivity contribution >= 4 is 12.4 Å². The number of methoxy groups -OCH3 is 1. The predicted octanol–water partition coefficient (Wildman–Crippen LogP) is 2.08. The molecule has 0 radical (unpaired) electrons. The zero-order valence-corrected chi connectivity index (χ0v) is 11.9. The van der Waals surface area contributed by atoms with Crippen LogP contribution in [0.15, 0.2) is 18.2 Å². The van der Waals surface area contributed by atoms with Gasteiger partial charge < -0.3 is 19.4 Å². The number of carbonyl (C=O) groups excluding carboxylic acids is 1. The molecule has 0 aromatic heterocycles. The van der Waals surface area contributed by atoms with Gasteiger partial charge in [-0.2, -0.15) is 0 Å². The van der Waals surface area contributed by atoms with E-state index in [1.807, 2.05) is 12.1 Å². The maximum absolute atomic E-state index is 11.4. The summed E-state index contributed by atoms with van der Waals surface area (Å²) in [4.78, 5) is 11.4. The maximum Gasteiger partial charge on any atom is 0.166 e. The normalized spacial score (nSPS) is 35.0. The average molecular weight is 286 g/mol. The molecule has 0 spiro atoms. The summed E-state index contributed by atoms with van der Waals surface area (Å²) in [5.41, 5.74) is 1.68. The van der Waals surface area contributed by atoms with Crippen molar-refractivity contribution in [2.75, 3.05) is 7.11 Å². The van der Waals surface area contributed by atoms with Crippen molar-refractivity contribution in [3.8, 4) is 11.5 Å². The van der Waals surface area contributed by atoms with Crippen LogP contribution in [0.5, 0.6) is 11.5 Å². The molecule has 21 heavy (non-hydrogen) atoms. The number of aldehydes is 1. The van der Waals surface area contributed by atoms with Gasteiger partial charge in [0, 0.05) is 12.0 Å². The van der Waals surface area contributed by atoms with Gasteiger partial charge in [-0.25, -0.2) is 0 Å². The van der Waals surface area contributed by atoms with Gasteiger partial charge in [-0.1, -0.05) is 18.2 Å². The first-order valence-corrected chi connectivity index (χ1v) is 7.40. The summed E-state index contributed by atoms with van der Waals surface area (Å²) >= 11 is 0. The summed E-state index contributed by atoms with van der Waals surface area (Å²) in [5.74, 6) is 1.61. The van der Waals surface area contributed by atoms with Crippen LogP contribution in [0.2, 0.25) is 0 Å². The third kappa shape index (κ3) is 1.46. The Morgan fingerprint density at radius 2 is 2.33 bits per heavy atom. The maximum atomic E-state index is 11.4. The quantitative estimate of drug-likeness (QED) is 0.864. The van der Waals surface area contributed by atoms with Gasteiger partial charge in [0.15, 0.2) is 11.5 Å². The van der Waals surface area contributed by atoms with Crippen LogP contribution in [0.25, 0.3) is 6.08 Å². The molecule has 1 aliphatic heterocycles. The summed E-state index contributed by atoms with van der Waals surface area (Å²) < 4.78 is 11.5. The lowest BCUT2D eigenvalue weighted by atomic mass is 9.57. The summed E-state index contributed by atoms with van der Waals surface area (Å²) in [5, 5.41) is 10.4. The van der Waals surface area contributed by atoms with E-state index in [1.165, 1.54) is 0 Å². The van der Waals surface area contributed by atoms with E-state index in [0.29, 0.717) is 24.3 Å². The van der Waals surface area contributed by atoms with Crippen molar-refractivity contribution in [3.63, 3.8) is 0 Å². The lowest BCUT2D eigenvalue weighted by Crippen LogP contribution is -2.55. The molecule has 0 amide bonds. The van der Waals surface area contributed by atoms with Gasteiger partial charge in [0.25, 0.3) is 0 Å². The summed E-state index contributed by atoms with van der Waals surface area (Å²) in [6, 6.07) is 3.89. The zero-order chi connectivity index (χ0) is 14.6. The minimum atomic E-state index is -0.544. The topological polar surface area (TPSA) is 55.8 Å². The molecular weight excluding hydrogens is 268 g/mol. The third-order valence-corrected chi connectivity index (χ3v) is 5.31. The molecule has 0 bridgehead atoms. The molecule has 4 rings (SSSR count). The Balaban J connectivity index is 2.01. The molecule has 1 heterocycles. The van der Waals surface area contributed by atoms with E-state index in [-0.39, 0.29) is 12.0 Å². The van der Waals surface area contributed by atoms with Gasteiger partial charge in [0.2, 0.25) is 0 Å². The van der Waals surface area contributed by atoms with Gasteiger partial charge in [0.1, 0.15) is 12.4 Å². The Morgan fingerprint density at radius 3 is 3.10 bits per heavy atom. The second kappa shape index (κ2) is 4.34. The fourth-order valence-electron chi connectivity index (χ4n) is 4.42. The fourth-order valence-corrected chi connectivity index (χ4v) is 4.42. The molecule has 4 atom stereocenters. The highest BCUT2D eigenvalue weighted by molar-refractivity contribution is 5.73. The Hall–Kier alpha value is -1.81. The van der Waals surface area contributed by atoms with Crippen LogP contribution < -0.4 is 9.47 Å². The number of aliphatic hydroxyl groups is 1. The lowest BCUT2D eigenvalue weighted by molar-refractivity contribution is -0.112. The molecule has 1 aromatic carbocycles. The molecule has 3 aliphatic rings. The number of hydrogen-bond donors (Lipinski definition) is 1. The first-order valence-electron chi connectivity index (χ1n) is 7.40. The van der Waals surface area contributed by atoms with E-state index in [4.69, 9.17) is 9.47 Å². The Kier molecular flexibility index (Phi) is 2.67. The third-order valence-electron chi connectivity index (χ3n) is 5.31. The second-order valence-electron chi connectivity index (χ2n) is 6.12. The van der Waals surface area contributed by atoms with Crippen LogP contribution in [0.1, 0.15) is 30.4 Å². The summed E-state index contributed by atoms with van der Waals surface area (Å²) in [6.45, 7) is 0. The molecule has 2 aliphatic carbocycles. The van der Waals surface area contributed by atoms with Crippen LogP contribution in [0.3, 0.4) is 0 Å². The average Bonchev–Trinajstić information content (AvgIpc) is 2.85. The van der Waals surface area contributed by atoms with Crippen molar-refractivity contribution in [1.82, 2.24) is 0 Å². The zero-order valence-electron chi connectivity index (χ0n) is 11.9. The highest BCUT2D eigenvalue weighted by Crippen LogP contribution is 2.60. The largest absolute Gasteiger partial charge is 0.493 e. The van der Waals surface area contributed by atoms with Crippen molar-refractivity contribution in [2.45, 2.75) is 36.9 Å².